The van der Waals surface area contributed by atoms with Crippen LogP contribution in [0, 0.1) is 5.92 Å². The van der Waals surface area contributed by atoms with Crippen LogP contribution >= 0.6 is 0 Å². The quantitative estimate of drug-likeness (QED) is 0.307. The lowest BCUT2D eigenvalue weighted by Crippen LogP contribution is -1.99. The van der Waals surface area contributed by atoms with E-state index in [0.717, 1.165) is 13.0 Å². The van der Waals surface area contributed by atoms with Gasteiger partial charge in [0.2, 0.25) is 0 Å². The third kappa shape index (κ3) is 1.20. The Kier molecular flexibility index (Phi) is 1.86. The molecule has 1 heterocycles. The highest BCUT2D eigenvalue weighted by atomic mass is 16.5. The number of hydrogen-bond acceptors (Lipinski definition) is 3. The lowest BCUT2D eigenvalue weighted by atomic mass is 10.1. The van der Waals surface area contributed by atoms with E-state index in [-0.39, 0.29) is 0 Å². The van der Waals surface area contributed by atoms with Crippen LogP contribution in [0.1, 0.15) is 6.42 Å². The third-order valence-corrected chi connectivity index (χ3v) is 1.24. The Morgan fingerprint density at radius 1 is 1.75 bits per heavy atom. The molecule has 0 spiro atoms. The summed E-state index contributed by atoms with van der Waals surface area (Å²) in [6.45, 7) is 1.51. The zero-order chi connectivity index (χ0) is 5.82. The smallest absolute Gasteiger partial charge is 0.0545 e. The number of ether oxygens (including phenoxy) is 1. The highest BCUT2D eigenvalue weighted by Crippen LogP contribution is 2.08. The molecule has 46 valence electrons. The van der Waals surface area contributed by atoms with E-state index < -0.39 is 0 Å². The molecule has 0 aromatic carbocycles. The van der Waals surface area contributed by atoms with E-state index >= 15 is 0 Å². The minimum absolute atomic E-state index is 0.347. The average molecular weight is 115 g/mol. The van der Waals surface area contributed by atoms with Crippen LogP contribution in [0.5, 0.6) is 0 Å². The van der Waals surface area contributed by atoms with E-state index in [1.807, 2.05) is 0 Å². The lowest BCUT2D eigenvalue weighted by molar-refractivity contribution is 0.193. The Bertz CT molecular complexity index is 86.4. The Balaban J connectivity index is 2.24. The first-order valence-corrected chi connectivity index (χ1v) is 2.69. The summed E-state index contributed by atoms with van der Waals surface area (Å²) in [6, 6.07) is 0. The summed E-state index contributed by atoms with van der Waals surface area (Å²) in [5.41, 5.74) is 0. The zero-order valence-electron chi connectivity index (χ0n) is 4.58. The SMILES string of the molecule is ON=C[C@H]1CCOC1. The molecule has 1 aliphatic heterocycles. The predicted octanol–water partition coefficient (Wildman–Crippen LogP) is 0.483. The fourth-order valence-corrected chi connectivity index (χ4v) is 0.765. The number of hydrogen-bond donors (Lipinski definition) is 1. The first kappa shape index (κ1) is 5.56. The minimum Gasteiger partial charge on any atom is -0.411 e. The van der Waals surface area contributed by atoms with Gasteiger partial charge < -0.3 is 9.94 Å². The van der Waals surface area contributed by atoms with Gasteiger partial charge in [0, 0.05) is 18.7 Å². The van der Waals surface area contributed by atoms with Crippen LogP contribution in [-0.2, 0) is 4.74 Å². The maximum absolute atomic E-state index is 8.04. The summed E-state index contributed by atoms with van der Waals surface area (Å²) in [4.78, 5) is 0. The van der Waals surface area contributed by atoms with Crippen LogP contribution in [0.25, 0.3) is 0 Å². The molecular formula is C5H9NO2. The molecule has 0 aromatic rings. The molecule has 0 aliphatic carbocycles. The van der Waals surface area contributed by atoms with Gasteiger partial charge >= 0.3 is 0 Å². The fourth-order valence-electron chi connectivity index (χ4n) is 0.765. The van der Waals surface area contributed by atoms with Crippen molar-refractivity contribution < 1.29 is 9.94 Å². The summed E-state index contributed by atoms with van der Waals surface area (Å²) in [6.07, 6.45) is 2.51. The van der Waals surface area contributed by atoms with Gasteiger partial charge in [0.15, 0.2) is 0 Å². The summed E-state index contributed by atoms with van der Waals surface area (Å²) >= 11 is 0. The molecule has 0 saturated carbocycles. The van der Waals surface area contributed by atoms with Gasteiger partial charge in [-0.25, -0.2) is 0 Å². The number of rotatable bonds is 1. The molecule has 3 heteroatoms. The topological polar surface area (TPSA) is 41.8 Å². The van der Waals surface area contributed by atoms with E-state index in [0.29, 0.717) is 12.5 Å². The summed E-state index contributed by atoms with van der Waals surface area (Å²) in [5, 5.41) is 11.0. The minimum atomic E-state index is 0.347. The van der Waals surface area contributed by atoms with Crippen LogP contribution in [0.3, 0.4) is 0 Å². The highest BCUT2D eigenvalue weighted by Gasteiger charge is 2.12. The Labute approximate surface area is 48.0 Å². The first-order chi connectivity index (χ1) is 3.93. The number of oxime groups is 1. The molecule has 1 fully saturated rings. The zero-order valence-corrected chi connectivity index (χ0v) is 4.58. The van der Waals surface area contributed by atoms with Gasteiger partial charge in [-0.3, -0.25) is 0 Å². The van der Waals surface area contributed by atoms with E-state index in [1.54, 1.807) is 0 Å². The first-order valence-electron chi connectivity index (χ1n) is 2.69. The van der Waals surface area contributed by atoms with Gasteiger partial charge in [-0.1, -0.05) is 0 Å². The molecule has 1 atom stereocenters. The van der Waals surface area contributed by atoms with Crippen molar-refractivity contribution in [2.75, 3.05) is 13.2 Å². The van der Waals surface area contributed by atoms with E-state index in [9.17, 15) is 0 Å². The molecule has 8 heavy (non-hydrogen) atoms. The Hall–Kier alpha value is -0.570. The highest BCUT2D eigenvalue weighted by molar-refractivity contribution is 5.60. The fraction of sp³-hybridized carbons (Fsp3) is 0.800. The van der Waals surface area contributed by atoms with Crippen LogP contribution in [0.15, 0.2) is 5.16 Å². The molecule has 0 unspecified atom stereocenters. The second kappa shape index (κ2) is 2.67. The standard InChI is InChI=1S/C5H9NO2/c7-6-3-5-1-2-8-4-5/h3,5,7H,1-2,4H2/t5-/m1/s1. The van der Waals surface area contributed by atoms with Crippen molar-refractivity contribution in [1.29, 1.82) is 0 Å². The third-order valence-electron chi connectivity index (χ3n) is 1.24. The van der Waals surface area contributed by atoms with Gasteiger partial charge in [0.1, 0.15) is 0 Å². The Morgan fingerprint density at radius 3 is 3.12 bits per heavy atom. The van der Waals surface area contributed by atoms with Gasteiger partial charge in [-0.15, -0.1) is 5.16 Å². The maximum atomic E-state index is 8.04. The normalized spacial score (nSPS) is 29.8. The Morgan fingerprint density at radius 2 is 2.62 bits per heavy atom. The predicted molar refractivity (Wildman–Crippen MR) is 29.2 cm³/mol. The molecule has 0 aromatic heterocycles. The van der Waals surface area contributed by atoms with Crippen molar-refractivity contribution in [1.82, 2.24) is 0 Å². The molecule has 0 amide bonds. The second-order valence-electron chi connectivity index (χ2n) is 1.89. The monoisotopic (exact) mass is 115 g/mol. The average Bonchev–Trinajstić information content (AvgIpc) is 2.19. The summed E-state index contributed by atoms with van der Waals surface area (Å²) < 4.78 is 5.01. The number of nitrogens with zero attached hydrogens (tertiary/aromatic N) is 1. The van der Waals surface area contributed by atoms with E-state index in [1.165, 1.54) is 6.21 Å². The molecule has 1 saturated heterocycles. The molecule has 1 aliphatic rings. The largest absolute Gasteiger partial charge is 0.411 e. The van der Waals surface area contributed by atoms with Crippen LogP contribution in [0.2, 0.25) is 0 Å². The molecule has 0 bridgehead atoms. The summed E-state index contributed by atoms with van der Waals surface area (Å²) in [5.74, 6) is 0.347. The van der Waals surface area contributed by atoms with Crippen molar-refractivity contribution >= 4 is 6.21 Å². The van der Waals surface area contributed by atoms with Crippen LogP contribution in [-0.4, -0.2) is 24.6 Å². The van der Waals surface area contributed by atoms with Crippen LogP contribution in [0.4, 0.5) is 0 Å². The van der Waals surface area contributed by atoms with Crippen LogP contribution < -0.4 is 0 Å². The van der Waals surface area contributed by atoms with Crippen molar-refractivity contribution in [3.63, 3.8) is 0 Å². The summed E-state index contributed by atoms with van der Waals surface area (Å²) in [7, 11) is 0. The van der Waals surface area contributed by atoms with Gasteiger partial charge in [-0.05, 0) is 6.42 Å². The van der Waals surface area contributed by atoms with Crippen molar-refractivity contribution in [2.24, 2.45) is 11.1 Å². The van der Waals surface area contributed by atoms with Crippen molar-refractivity contribution in [3.05, 3.63) is 0 Å². The van der Waals surface area contributed by atoms with Crippen molar-refractivity contribution in [2.45, 2.75) is 6.42 Å². The second-order valence-corrected chi connectivity index (χ2v) is 1.89. The van der Waals surface area contributed by atoms with Gasteiger partial charge in [0.05, 0.1) is 6.61 Å². The van der Waals surface area contributed by atoms with E-state index in [2.05, 4.69) is 5.16 Å². The molecule has 1 rings (SSSR count). The van der Waals surface area contributed by atoms with Gasteiger partial charge in [-0.2, -0.15) is 0 Å². The molecule has 0 radical (unpaired) electrons. The van der Waals surface area contributed by atoms with Crippen molar-refractivity contribution in [3.8, 4) is 0 Å². The maximum Gasteiger partial charge on any atom is 0.0545 e. The van der Waals surface area contributed by atoms with E-state index in [4.69, 9.17) is 9.94 Å². The molecule has 3 nitrogen and oxygen atoms in total. The van der Waals surface area contributed by atoms with Gasteiger partial charge in [0.25, 0.3) is 0 Å². The molecule has 1 N–H and O–H groups in total. The lowest BCUT2D eigenvalue weighted by Gasteiger charge is -1.92. The molecular weight excluding hydrogens is 106 g/mol.